The Labute approximate surface area is 141 Å². The first-order valence-electron chi connectivity index (χ1n) is 7.58. The number of nitrogen functional groups attached to an aromatic ring is 1. The summed E-state index contributed by atoms with van der Waals surface area (Å²) >= 11 is 0. The summed E-state index contributed by atoms with van der Waals surface area (Å²) in [5.41, 5.74) is 8.56. The minimum absolute atomic E-state index is 0.105. The molecule has 0 bridgehead atoms. The molecule has 2 N–H and O–H groups in total. The van der Waals surface area contributed by atoms with Crippen molar-refractivity contribution in [3.63, 3.8) is 0 Å². The third-order valence-electron chi connectivity index (χ3n) is 4.09. The Morgan fingerprint density at radius 3 is 2.46 bits per heavy atom. The van der Waals surface area contributed by atoms with E-state index < -0.39 is 10.1 Å². The van der Waals surface area contributed by atoms with Crippen LogP contribution >= 0.6 is 0 Å². The average molecular weight is 343 g/mol. The second-order valence-corrected chi connectivity index (χ2v) is 7.50. The Bertz CT molecular complexity index is 911. The fourth-order valence-electron chi connectivity index (χ4n) is 2.66. The van der Waals surface area contributed by atoms with Gasteiger partial charge in [-0.1, -0.05) is 18.6 Å². The molecule has 0 spiro atoms. The van der Waals surface area contributed by atoms with Gasteiger partial charge < -0.3 is 9.92 Å². The van der Waals surface area contributed by atoms with Gasteiger partial charge in [0.05, 0.1) is 6.26 Å². The maximum atomic E-state index is 11.5. The molecule has 0 saturated heterocycles. The number of nitriles is 1. The molecule has 0 aliphatic heterocycles. The van der Waals surface area contributed by atoms with Gasteiger partial charge in [0.25, 0.3) is 5.88 Å². The van der Waals surface area contributed by atoms with Crippen molar-refractivity contribution in [1.29, 1.82) is 5.26 Å². The summed E-state index contributed by atoms with van der Waals surface area (Å²) in [7, 11) is -3.78. The molecule has 1 saturated carbocycles. The summed E-state index contributed by atoms with van der Waals surface area (Å²) in [6, 6.07) is 10.9. The Morgan fingerprint density at radius 1 is 1.29 bits per heavy atom. The number of nitrogens with zero attached hydrogens (tertiary/aromatic N) is 2. The van der Waals surface area contributed by atoms with E-state index in [-0.39, 0.29) is 17.4 Å². The first kappa shape index (κ1) is 16.3. The molecule has 24 heavy (non-hydrogen) atoms. The lowest BCUT2D eigenvalue weighted by molar-refractivity contribution is 0.406. The van der Waals surface area contributed by atoms with Crippen LogP contribution < -0.4 is 9.92 Å². The van der Waals surface area contributed by atoms with Crippen molar-refractivity contribution >= 4 is 15.8 Å². The molecule has 124 valence electrons. The molecular formula is C17H17N3O3S. The zero-order valence-electron chi connectivity index (χ0n) is 13.2. The fraction of sp³-hybridized carbons (Fsp3) is 0.294. The lowest BCUT2D eigenvalue weighted by atomic mass is 9.81. The average Bonchev–Trinajstić information content (AvgIpc) is 2.44. The van der Waals surface area contributed by atoms with E-state index in [0.717, 1.165) is 36.8 Å². The number of benzene rings is 1. The molecule has 1 heterocycles. The van der Waals surface area contributed by atoms with Gasteiger partial charge in [-0.05, 0) is 36.6 Å². The van der Waals surface area contributed by atoms with Gasteiger partial charge in [0.15, 0.2) is 0 Å². The second kappa shape index (κ2) is 6.13. The van der Waals surface area contributed by atoms with Crippen molar-refractivity contribution in [3.05, 3.63) is 41.6 Å². The van der Waals surface area contributed by atoms with Crippen LogP contribution in [0, 0.1) is 11.3 Å². The smallest absolute Gasteiger partial charge is 0.307 e. The largest absolute Gasteiger partial charge is 0.399 e. The van der Waals surface area contributed by atoms with Crippen LogP contribution in [0.2, 0.25) is 0 Å². The number of rotatable bonds is 4. The van der Waals surface area contributed by atoms with Crippen molar-refractivity contribution < 1.29 is 12.6 Å². The van der Waals surface area contributed by atoms with Crippen LogP contribution in [0.4, 0.5) is 5.69 Å². The van der Waals surface area contributed by atoms with E-state index in [2.05, 4.69) is 4.98 Å². The highest BCUT2D eigenvalue weighted by atomic mass is 32.2. The Kier molecular flexibility index (Phi) is 4.16. The van der Waals surface area contributed by atoms with E-state index in [1.54, 1.807) is 24.3 Å². The Hall–Kier alpha value is -2.59. The normalized spacial score (nSPS) is 14.7. The van der Waals surface area contributed by atoms with Crippen LogP contribution in [-0.2, 0) is 10.1 Å². The van der Waals surface area contributed by atoms with Gasteiger partial charge in [0, 0.05) is 22.9 Å². The summed E-state index contributed by atoms with van der Waals surface area (Å²) in [6.07, 6.45) is 4.05. The number of anilines is 1. The van der Waals surface area contributed by atoms with Crippen LogP contribution in [0.25, 0.3) is 11.1 Å². The van der Waals surface area contributed by atoms with Crippen LogP contribution in [0.15, 0.2) is 30.3 Å². The lowest BCUT2D eigenvalue weighted by Crippen LogP contribution is -2.14. The highest BCUT2D eigenvalue weighted by molar-refractivity contribution is 7.86. The summed E-state index contributed by atoms with van der Waals surface area (Å²) in [5.74, 6) is 0.114. The van der Waals surface area contributed by atoms with Crippen LogP contribution in [0.3, 0.4) is 0 Å². The van der Waals surface area contributed by atoms with Crippen LogP contribution in [0.1, 0.15) is 36.4 Å². The van der Waals surface area contributed by atoms with Gasteiger partial charge in [-0.2, -0.15) is 13.7 Å². The van der Waals surface area contributed by atoms with E-state index >= 15 is 0 Å². The van der Waals surface area contributed by atoms with Crippen LogP contribution in [0.5, 0.6) is 5.88 Å². The van der Waals surface area contributed by atoms with Crippen molar-refractivity contribution in [2.45, 2.75) is 25.2 Å². The molecule has 1 aromatic carbocycles. The summed E-state index contributed by atoms with van der Waals surface area (Å²) in [6.45, 7) is 0. The quantitative estimate of drug-likeness (QED) is 0.676. The predicted octanol–water partition coefficient (Wildman–Crippen LogP) is 2.81. The second-order valence-electron chi connectivity index (χ2n) is 5.92. The van der Waals surface area contributed by atoms with Gasteiger partial charge in [-0.3, -0.25) is 0 Å². The summed E-state index contributed by atoms with van der Waals surface area (Å²) < 4.78 is 28.1. The standard InChI is InChI=1S/C17H17N3O3S/c1-24(21,22)23-17-15(10-18)14(11-5-7-13(19)8-6-11)9-16(20-17)12-3-2-4-12/h5-9,12H,2-4,19H2,1H3. The molecule has 2 aromatic rings. The van der Waals surface area contributed by atoms with Crippen molar-refractivity contribution in [1.82, 2.24) is 4.98 Å². The van der Waals surface area contributed by atoms with E-state index in [9.17, 15) is 13.7 Å². The maximum Gasteiger partial charge on any atom is 0.307 e. The van der Waals surface area contributed by atoms with Gasteiger partial charge in [-0.15, -0.1) is 0 Å². The van der Waals surface area contributed by atoms with E-state index in [1.807, 2.05) is 12.1 Å². The Morgan fingerprint density at radius 2 is 1.96 bits per heavy atom. The van der Waals surface area contributed by atoms with Gasteiger partial charge >= 0.3 is 10.1 Å². The molecule has 0 radical (unpaired) electrons. The molecule has 0 unspecified atom stereocenters. The number of hydrogen-bond acceptors (Lipinski definition) is 6. The monoisotopic (exact) mass is 343 g/mol. The van der Waals surface area contributed by atoms with E-state index in [0.29, 0.717) is 11.3 Å². The topological polar surface area (TPSA) is 106 Å². The SMILES string of the molecule is CS(=O)(=O)Oc1nc(C2CCC2)cc(-c2ccc(N)cc2)c1C#N. The molecule has 1 fully saturated rings. The van der Waals surface area contributed by atoms with E-state index in [4.69, 9.17) is 9.92 Å². The summed E-state index contributed by atoms with van der Waals surface area (Å²) in [4.78, 5) is 4.31. The number of pyridine rings is 1. The number of aromatic nitrogens is 1. The zero-order chi connectivity index (χ0) is 17.3. The molecule has 0 atom stereocenters. The number of nitrogens with two attached hydrogens (primary N) is 1. The molecule has 1 aromatic heterocycles. The highest BCUT2D eigenvalue weighted by Crippen LogP contribution is 2.39. The zero-order valence-corrected chi connectivity index (χ0v) is 14.0. The molecule has 0 amide bonds. The fourth-order valence-corrected chi connectivity index (χ4v) is 3.06. The third-order valence-corrected chi connectivity index (χ3v) is 4.55. The third kappa shape index (κ3) is 3.34. The van der Waals surface area contributed by atoms with Crippen molar-refractivity contribution in [2.75, 3.05) is 12.0 Å². The molecule has 1 aliphatic carbocycles. The minimum atomic E-state index is -3.78. The number of hydrogen-bond donors (Lipinski definition) is 1. The maximum absolute atomic E-state index is 11.5. The predicted molar refractivity (Wildman–Crippen MR) is 90.9 cm³/mol. The highest BCUT2D eigenvalue weighted by Gasteiger charge is 2.26. The molecule has 3 rings (SSSR count). The van der Waals surface area contributed by atoms with Gasteiger partial charge in [0.2, 0.25) is 0 Å². The molecule has 6 nitrogen and oxygen atoms in total. The van der Waals surface area contributed by atoms with Crippen molar-refractivity contribution in [3.8, 4) is 23.1 Å². The first-order chi connectivity index (χ1) is 11.4. The van der Waals surface area contributed by atoms with Crippen LogP contribution in [-0.4, -0.2) is 19.7 Å². The molecular weight excluding hydrogens is 326 g/mol. The summed E-state index contributed by atoms with van der Waals surface area (Å²) in [5, 5.41) is 9.52. The lowest BCUT2D eigenvalue weighted by Gasteiger charge is -2.26. The van der Waals surface area contributed by atoms with E-state index in [1.165, 1.54) is 0 Å². The van der Waals surface area contributed by atoms with Gasteiger partial charge in [0.1, 0.15) is 11.6 Å². The molecule has 1 aliphatic rings. The van der Waals surface area contributed by atoms with Crippen molar-refractivity contribution in [2.24, 2.45) is 0 Å². The molecule has 7 heteroatoms. The Balaban J connectivity index is 2.19. The first-order valence-corrected chi connectivity index (χ1v) is 9.39. The van der Waals surface area contributed by atoms with Gasteiger partial charge in [-0.25, -0.2) is 4.98 Å². The minimum Gasteiger partial charge on any atom is -0.399 e.